The van der Waals surface area contributed by atoms with Gasteiger partial charge in [-0.3, -0.25) is 4.79 Å². The monoisotopic (exact) mass is 442 g/mol. The molecule has 7 heteroatoms. The number of rotatable bonds is 8. The molecule has 0 saturated heterocycles. The molecule has 0 heterocycles. The smallest absolute Gasteiger partial charge is 0.203 e. The molecule has 0 aromatic heterocycles. The van der Waals surface area contributed by atoms with Crippen molar-refractivity contribution in [1.82, 2.24) is 0 Å². The number of hydrogen-bond donors (Lipinski definition) is 1. The molecule has 174 valence electrons. The number of nitrogens with two attached hydrogens (primary N) is 1. The van der Waals surface area contributed by atoms with Crippen LogP contribution in [0.15, 0.2) is 30.3 Å². The summed E-state index contributed by atoms with van der Waals surface area (Å²) in [6, 6.07) is 9.54. The fraction of sp³-hybridized carbons (Fsp3) is 0.480. The van der Waals surface area contributed by atoms with Crippen LogP contribution in [0, 0.1) is 5.92 Å². The minimum absolute atomic E-state index is 0.00111. The van der Waals surface area contributed by atoms with Crippen molar-refractivity contribution in [2.24, 2.45) is 5.92 Å². The van der Waals surface area contributed by atoms with Crippen molar-refractivity contribution in [3.63, 3.8) is 0 Å². The summed E-state index contributed by atoms with van der Waals surface area (Å²) < 4.78 is 22.0. The van der Waals surface area contributed by atoms with Gasteiger partial charge in [-0.05, 0) is 55.0 Å². The Hall–Kier alpha value is -2.93. The number of methoxy groups -OCH3 is 4. The molecule has 32 heavy (non-hydrogen) atoms. The third-order valence-corrected chi connectivity index (χ3v) is 6.38. The van der Waals surface area contributed by atoms with Crippen molar-refractivity contribution < 1.29 is 23.7 Å². The lowest BCUT2D eigenvalue weighted by molar-refractivity contribution is 0.0431. The molecular weight excluding hydrogens is 408 g/mol. The van der Waals surface area contributed by atoms with Gasteiger partial charge in [-0.2, -0.15) is 0 Å². The molecule has 0 spiro atoms. The highest BCUT2D eigenvalue weighted by Crippen LogP contribution is 2.44. The van der Waals surface area contributed by atoms with Crippen molar-refractivity contribution in [3.8, 4) is 17.2 Å². The topological polar surface area (TPSA) is 83.3 Å². The van der Waals surface area contributed by atoms with E-state index in [1.165, 1.54) is 0 Å². The van der Waals surface area contributed by atoms with Crippen LogP contribution in [0.4, 0.5) is 11.4 Å². The second-order valence-corrected chi connectivity index (χ2v) is 8.37. The average Bonchev–Trinajstić information content (AvgIpc) is 2.81. The Morgan fingerprint density at radius 3 is 2.12 bits per heavy atom. The number of ether oxygens (including phenoxy) is 4. The van der Waals surface area contributed by atoms with E-state index < -0.39 is 0 Å². The predicted molar refractivity (Wildman–Crippen MR) is 126 cm³/mol. The van der Waals surface area contributed by atoms with E-state index in [1.807, 2.05) is 31.1 Å². The van der Waals surface area contributed by atoms with Crippen molar-refractivity contribution >= 4 is 17.2 Å². The van der Waals surface area contributed by atoms with Crippen LogP contribution in [-0.4, -0.2) is 54.4 Å². The van der Waals surface area contributed by atoms with Gasteiger partial charge in [0.05, 0.1) is 38.8 Å². The summed E-state index contributed by atoms with van der Waals surface area (Å²) in [5.74, 6) is 1.26. The van der Waals surface area contributed by atoms with Crippen LogP contribution in [-0.2, 0) is 4.74 Å². The second-order valence-electron chi connectivity index (χ2n) is 8.37. The highest BCUT2D eigenvalue weighted by atomic mass is 16.5. The third kappa shape index (κ3) is 4.63. The highest BCUT2D eigenvalue weighted by molar-refractivity contribution is 5.99. The van der Waals surface area contributed by atoms with Gasteiger partial charge >= 0.3 is 0 Å². The van der Waals surface area contributed by atoms with Crippen molar-refractivity contribution in [2.45, 2.75) is 31.3 Å². The molecule has 0 radical (unpaired) electrons. The average molecular weight is 443 g/mol. The molecule has 3 atom stereocenters. The van der Waals surface area contributed by atoms with Crippen molar-refractivity contribution in [2.75, 3.05) is 53.2 Å². The van der Waals surface area contributed by atoms with E-state index in [0.29, 0.717) is 28.5 Å². The third-order valence-electron chi connectivity index (χ3n) is 6.38. The van der Waals surface area contributed by atoms with E-state index in [0.717, 1.165) is 30.5 Å². The number of nitrogens with zero attached hydrogens (tertiary/aromatic N) is 1. The standard InChI is InChI=1S/C25H34N2O5/c1-27(2)21-10-7-15(11-20(21)26)19-14-17(29-3)8-9-18(19)24(28)16-12-22(30-4)25(32-6)23(13-16)31-5/h7,10-13,17-19H,8-9,14,26H2,1-6H3. The predicted octanol–water partition coefficient (Wildman–Crippen LogP) is 4.14. The molecule has 2 aromatic carbocycles. The number of nitrogen functional groups attached to an aromatic ring is 1. The van der Waals surface area contributed by atoms with Crippen LogP contribution in [0.25, 0.3) is 0 Å². The van der Waals surface area contributed by atoms with Gasteiger partial charge < -0.3 is 29.6 Å². The van der Waals surface area contributed by atoms with Gasteiger partial charge in [0.25, 0.3) is 0 Å². The molecule has 1 fully saturated rings. The molecule has 3 rings (SSSR count). The molecule has 0 amide bonds. The summed E-state index contributed by atoms with van der Waals surface area (Å²) in [4.78, 5) is 15.7. The molecule has 7 nitrogen and oxygen atoms in total. The first-order chi connectivity index (χ1) is 15.3. The molecule has 0 bridgehead atoms. The zero-order valence-corrected chi connectivity index (χ0v) is 19.8. The highest BCUT2D eigenvalue weighted by Gasteiger charge is 2.37. The summed E-state index contributed by atoms with van der Waals surface area (Å²) in [5, 5.41) is 0. The SMILES string of the molecule is COc1cc(C(=O)C2CCC(OC)CC2c2ccc(N(C)C)c(N)c2)cc(OC)c1OC. The van der Waals surface area contributed by atoms with Gasteiger partial charge in [-0.25, -0.2) is 0 Å². The quantitative estimate of drug-likeness (QED) is 0.486. The molecule has 1 aliphatic rings. The van der Waals surface area contributed by atoms with E-state index in [-0.39, 0.29) is 23.7 Å². The number of ketones is 1. The zero-order chi connectivity index (χ0) is 23.4. The van der Waals surface area contributed by atoms with E-state index in [2.05, 4.69) is 6.07 Å². The van der Waals surface area contributed by atoms with Crippen LogP contribution in [0.3, 0.4) is 0 Å². The Bertz CT molecular complexity index is 934. The molecule has 0 aliphatic heterocycles. The maximum absolute atomic E-state index is 13.7. The van der Waals surface area contributed by atoms with Gasteiger partial charge in [-0.1, -0.05) is 6.07 Å². The summed E-state index contributed by atoms with van der Waals surface area (Å²) in [6.07, 6.45) is 2.43. The number of Topliss-reactive ketones (excluding diaryl/α,β-unsaturated/α-hetero) is 1. The minimum Gasteiger partial charge on any atom is -0.493 e. The Morgan fingerprint density at radius 1 is 0.969 bits per heavy atom. The van der Waals surface area contributed by atoms with Gasteiger partial charge in [0.1, 0.15) is 0 Å². The maximum atomic E-state index is 13.7. The van der Waals surface area contributed by atoms with Gasteiger partial charge in [0.15, 0.2) is 17.3 Å². The van der Waals surface area contributed by atoms with Crippen LogP contribution in [0.5, 0.6) is 17.2 Å². The van der Waals surface area contributed by atoms with E-state index in [9.17, 15) is 4.79 Å². The molecule has 1 aliphatic carbocycles. The lowest BCUT2D eigenvalue weighted by Gasteiger charge is -2.35. The maximum Gasteiger partial charge on any atom is 0.203 e. The lowest BCUT2D eigenvalue weighted by atomic mass is 9.71. The normalized spacial score (nSPS) is 20.5. The summed E-state index contributed by atoms with van der Waals surface area (Å²) in [6.45, 7) is 0. The largest absolute Gasteiger partial charge is 0.493 e. The molecule has 2 N–H and O–H groups in total. The Balaban J connectivity index is 2.01. The molecule has 3 unspecified atom stereocenters. The second kappa shape index (κ2) is 10.1. The fourth-order valence-electron chi connectivity index (χ4n) is 4.68. The first kappa shape index (κ1) is 23.7. The van der Waals surface area contributed by atoms with E-state index in [4.69, 9.17) is 24.7 Å². The number of anilines is 2. The zero-order valence-electron chi connectivity index (χ0n) is 19.8. The van der Waals surface area contributed by atoms with Gasteiger partial charge in [-0.15, -0.1) is 0 Å². The van der Waals surface area contributed by atoms with Crippen molar-refractivity contribution in [1.29, 1.82) is 0 Å². The number of carbonyl (C=O) groups excluding carboxylic acids is 1. The Morgan fingerprint density at radius 2 is 1.62 bits per heavy atom. The van der Waals surface area contributed by atoms with E-state index in [1.54, 1.807) is 40.6 Å². The first-order valence-corrected chi connectivity index (χ1v) is 10.8. The lowest BCUT2D eigenvalue weighted by Crippen LogP contribution is -2.32. The number of benzene rings is 2. The fourth-order valence-corrected chi connectivity index (χ4v) is 4.68. The van der Waals surface area contributed by atoms with Crippen LogP contribution < -0.4 is 24.8 Å². The first-order valence-electron chi connectivity index (χ1n) is 10.8. The van der Waals surface area contributed by atoms with E-state index >= 15 is 0 Å². The summed E-state index contributed by atoms with van der Waals surface area (Å²) in [5.41, 5.74) is 9.59. The van der Waals surface area contributed by atoms with Crippen LogP contribution in [0.1, 0.15) is 41.1 Å². The van der Waals surface area contributed by atoms with Crippen molar-refractivity contribution in [3.05, 3.63) is 41.5 Å². The minimum atomic E-state index is -0.200. The summed E-state index contributed by atoms with van der Waals surface area (Å²) >= 11 is 0. The van der Waals surface area contributed by atoms with Gasteiger partial charge in [0.2, 0.25) is 5.75 Å². The number of carbonyl (C=O) groups is 1. The Kier molecular flexibility index (Phi) is 7.51. The summed E-state index contributed by atoms with van der Waals surface area (Å²) in [7, 11) is 10.3. The molecular formula is C25H34N2O5. The molecule has 1 saturated carbocycles. The van der Waals surface area contributed by atoms with Crippen LogP contribution in [0.2, 0.25) is 0 Å². The Labute approximate surface area is 190 Å². The van der Waals surface area contributed by atoms with Crippen LogP contribution >= 0.6 is 0 Å². The number of hydrogen-bond acceptors (Lipinski definition) is 7. The van der Waals surface area contributed by atoms with Gasteiger partial charge in [0, 0.05) is 32.7 Å². The molecule has 2 aromatic rings.